The first-order valence-electron chi connectivity index (χ1n) is 9.55. The Balaban J connectivity index is 1.75. The van der Waals surface area contributed by atoms with Gasteiger partial charge in [0.25, 0.3) is 0 Å². The van der Waals surface area contributed by atoms with E-state index in [0.29, 0.717) is 51.0 Å². The van der Waals surface area contributed by atoms with Crippen LogP contribution in [0.1, 0.15) is 24.8 Å². The number of nitrogens with one attached hydrogen (secondary N) is 1. The van der Waals surface area contributed by atoms with Crippen molar-refractivity contribution in [3.8, 4) is 11.1 Å². The van der Waals surface area contributed by atoms with Crippen LogP contribution in [0.4, 0.5) is 8.78 Å². The second kappa shape index (κ2) is 9.26. The number of carbonyl (C=O) groups excluding carboxylic acids is 1. The lowest BCUT2D eigenvalue weighted by Gasteiger charge is -2.36. The summed E-state index contributed by atoms with van der Waals surface area (Å²) in [6.07, 6.45) is 2.40. The minimum Gasteiger partial charge on any atom is -0.396 e. The van der Waals surface area contributed by atoms with E-state index in [9.17, 15) is 13.6 Å². The number of hydrogen-bond acceptors (Lipinski definition) is 3. The molecule has 0 bridgehead atoms. The van der Waals surface area contributed by atoms with Crippen LogP contribution < -0.4 is 5.32 Å². The van der Waals surface area contributed by atoms with Crippen LogP contribution in [0.3, 0.4) is 0 Å². The van der Waals surface area contributed by atoms with Crippen LogP contribution in [0.2, 0.25) is 0 Å². The largest absolute Gasteiger partial charge is 0.396 e. The van der Waals surface area contributed by atoms with Crippen molar-refractivity contribution in [1.82, 2.24) is 5.32 Å². The van der Waals surface area contributed by atoms with Gasteiger partial charge >= 0.3 is 0 Å². The molecule has 0 saturated carbocycles. The van der Waals surface area contributed by atoms with E-state index < -0.39 is 17.0 Å². The standard InChI is InChI=1S/C22H25F2NO3/c23-19-7-6-18(14-20(19)24)17-4-2-16(3-5-17)15-22(8-12-28-13-9-22)21(27)25-10-1-11-26/h2-7,14,26H,1,8-13,15H2,(H,25,27). The summed E-state index contributed by atoms with van der Waals surface area (Å²) in [5.74, 6) is -1.75. The zero-order chi connectivity index (χ0) is 20.0. The summed E-state index contributed by atoms with van der Waals surface area (Å²) in [6.45, 7) is 1.58. The molecule has 0 atom stereocenters. The Kier molecular flexibility index (Phi) is 6.75. The third-order valence-electron chi connectivity index (χ3n) is 5.30. The summed E-state index contributed by atoms with van der Waals surface area (Å²) in [5, 5.41) is 11.9. The van der Waals surface area contributed by atoms with Crippen molar-refractivity contribution in [3.05, 3.63) is 59.7 Å². The van der Waals surface area contributed by atoms with Crippen molar-refractivity contribution in [3.63, 3.8) is 0 Å². The number of rotatable bonds is 7. The molecule has 1 aliphatic rings. The van der Waals surface area contributed by atoms with Crippen LogP contribution in [-0.4, -0.2) is 37.4 Å². The predicted octanol–water partition coefficient (Wildman–Crippen LogP) is 3.47. The summed E-state index contributed by atoms with van der Waals surface area (Å²) in [7, 11) is 0. The summed E-state index contributed by atoms with van der Waals surface area (Å²) in [5.41, 5.74) is 1.87. The molecular formula is C22H25F2NO3. The Hall–Kier alpha value is -2.31. The molecule has 150 valence electrons. The van der Waals surface area contributed by atoms with E-state index in [-0.39, 0.29) is 12.5 Å². The zero-order valence-electron chi connectivity index (χ0n) is 15.7. The lowest BCUT2D eigenvalue weighted by Crippen LogP contribution is -2.46. The van der Waals surface area contributed by atoms with Gasteiger partial charge in [-0.25, -0.2) is 8.78 Å². The topological polar surface area (TPSA) is 58.6 Å². The maximum absolute atomic E-state index is 13.5. The predicted molar refractivity (Wildman–Crippen MR) is 103 cm³/mol. The third kappa shape index (κ3) is 4.75. The maximum atomic E-state index is 13.5. The van der Waals surface area contributed by atoms with Gasteiger partial charge in [-0.2, -0.15) is 0 Å². The van der Waals surface area contributed by atoms with Crippen molar-refractivity contribution in [2.24, 2.45) is 5.41 Å². The second-order valence-electron chi connectivity index (χ2n) is 7.23. The fourth-order valence-corrected chi connectivity index (χ4v) is 3.60. The quantitative estimate of drug-likeness (QED) is 0.713. The molecule has 0 unspecified atom stereocenters. The summed E-state index contributed by atoms with van der Waals surface area (Å²) in [4.78, 5) is 12.8. The van der Waals surface area contributed by atoms with Gasteiger partial charge in [0.05, 0.1) is 5.41 Å². The van der Waals surface area contributed by atoms with Crippen molar-refractivity contribution in [2.45, 2.75) is 25.7 Å². The van der Waals surface area contributed by atoms with Crippen molar-refractivity contribution >= 4 is 5.91 Å². The first-order chi connectivity index (χ1) is 13.5. The van der Waals surface area contributed by atoms with Gasteiger partial charge in [0.2, 0.25) is 5.91 Å². The van der Waals surface area contributed by atoms with Crippen molar-refractivity contribution < 1.29 is 23.4 Å². The lowest BCUT2D eigenvalue weighted by atomic mass is 9.74. The molecule has 1 saturated heterocycles. The van der Waals surface area contributed by atoms with Gasteiger partial charge in [-0.3, -0.25) is 4.79 Å². The van der Waals surface area contributed by atoms with Gasteiger partial charge in [-0.15, -0.1) is 0 Å². The smallest absolute Gasteiger partial charge is 0.226 e. The van der Waals surface area contributed by atoms with Crippen LogP contribution in [-0.2, 0) is 16.0 Å². The number of carbonyl (C=O) groups is 1. The van der Waals surface area contributed by atoms with E-state index in [0.717, 1.165) is 17.2 Å². The molecule has 28 heavy (non-hydrogen) atoms. The SMILES string of the molecule is O=C(NCCCO)C1(Cc2ccc(-c3ccc(F)c(F)c3)cc2)CCOCC1. The average molecular weight is 389 g/mol. The van der Waals surface area contributed by atoms with Gasteiger partial charge in [0.1, 0.15) is 0 Å². The Morgan fingerprint density at radius 3 is 2.36 bits per heavy atom. The molecule has 2 aromatic carbocycles. The molecule has 1 heterocycles. The Labute approximate surface area is 163 Å². The number of benzene rings is 2. The lowest BCUT2D eigenvalue weighted by molar-refractivity contribution is -0.136. The van der Waals surface area contributed by atoms with E-state index in [1.807, 2.05) is 24.3 Å². The molecule has 2 N–H and O–H groups in total. The second-order valence-corrected chi connectivity index (χ2v) is 7.23. The molecule has 1 amide bonds. The average Bonchev–Trinajstić information content (AvgIpc) is 2.71. The van der Waals surface area contributed by atoms with E-state index >= 15 is 0 Å². The Morgan fingerprint density at radius 1 is 1.04 bits per heavy atom. The van der Waals surface area contributed by atoms with Gasteiger partial charge in [-0.1, -0.05) is 30.3 Å². The normalized spacial score (nSPS) is 16.0. The molecule has 1 aliphatic heterocycles. The van der Waals surface area contributed by atoms with E-state index in [2.05, 4.69) is 5.32 Å². The number of aliphatic hydroxyl groups is 1. The molecule has 0 radical (unpaired) electrons. The van der Waals surface area contributed by atoms with Crippen LogP contribution in [0.15, 0.2) is 42.5 Å². The Morgan fingerprint density at radius 2 is 1.71 bits per heavy atom. The molecule has 0 aromatic heterocycles. The van der Waals surface area contributed by atoms with Gasteiger partial charge in [0, 0.05) is 26.4 Å². The van der Waals surface area contributed by atoms with E-state index in [1.54, 1.807) is 6.07 Å². The molecule has 6 heteroatoms. The number of hydrogen-bond donors (Lipinski definition) is 2. The van der Waals surface area contributed by atoms with Crippen LogP contribution in [0, 0.1) is 17.0 Å². The molecular weight excluding hydrogens is 364 g/mol. The summed E-state index contributed by atoms with van der Waals surface area (Å²) < 4.78 is 32.1. The minimum atomic E-state index is -0.873. The van der Waals surface area contributed by atoms with Gasteiger partial charge < -0.3 is 15.2 Å². The third-order valence-corrected chi connectivity index (χ3v) is 5.30. The highest BCUT2D eigenvalue weighted by molar-refractivity contribution is 5.83. The highest BCUT2D eigenvalue weighted by Gasteiger charge is 2.39. The molecule has 4 nitrogen and oxygen atoms in total. The highest BCUT2D eigenvalue weighted by Crippen LogP contribution is 2.35. The maximum Gasteiger partial charge on any atom is 0.226 e. The monoisotopic (exact) mass is 389 g/mol. The molecule has 0 spiro atoms. The summed E-state index contributed by atoms with van der Waals surface area (Å²) in [6, 6.07) is 11.4. The van der Waals surface area contributed by atoms with E-state index in [1.165, 1.54) is 6.07 Å². The number of amides is 1. The fourth-order valence-electron chi connectivity index (χ4n) is 3.60. The van der Waals surface area contributed by atoms with Gasteiger partial charge in [-0.05, 0) is 54.5 Å². The Bertz CT molecular complexity index is 802. The van der Waals surface area contributed by atoms with Crippen LogP contribution in [0.25, 0.3) is 11.1 Å². The van der Waals surface area contributed by atoms with Crippen molar-refractivity contribution in [1.29, 1.82) is 0 Å². The first kappa shape index (κ1) is 20.4. The number of ether oxygens (including phenoxy) is 1. The highest BCUT2D eigenvalue weighted by atomic mass is 19.2. The fraction of sp³-hybridized carbons (Fsp3) is 0.409. The molecule has 0 aliphatic carbocycles. The van der Waals surface area contributed by atoms with Crippen LogP contribution in [0.5, 0.6) is 0 Å². The van der Waals surface area contributed by atoms with Gasteiger partial charge in [0.15, 0.2) is 11.6 Å². The van der Waals surface area contributed by atoms with Crippen LogP contribution >= 0.6 is 0 Å². The number of aliphatic hydroxyl groups excluding tert-OH is 1. The first-order valence-corrected chi connectivity index (χ1v) is 9.55. The minimum absolute atomic E-state index is 0.00562. The van der Waals surface area contributed by atoms with Crippen molar-refractivity contribution in [2.75, 3.05) is 26.4 Å². The molecule has 2 aromatic rings. The summed E-state index contributed by atoms with van der Waals surface area (Å²) >= 11 is 0. The number of halogens is 2. The van der Waals surface area contributed by atoms with E-state index in [4.69, 9.17) is 9.84 Å². The zero-order valence-corrected chi connectivity index (χ0v) is 15.7. The molecule has 3 rings (SSSR count). The molecule has 1 fully saturated rings.